The largest absolute Gasteiger partial charge is 0.481 e. The average molecular weight is 607 g/mol. The SMILES string of the molecule is CNC(=O)c1c(-c2ccc(F)cc2)oc2cc(CS(=O)(=O)NCCOCCOCCOCCC(=O)O)c(C3CC3)cc12. The molecule has 11 nitrogen and oxygen atoms in total. The number of hydrogen-bond acceptors (Lipinski definition) is 8. The summed E-state index contributed by atoms with van der Waals surface area (Å²) in [6.07, 6.45) is 1.79. The number of ether oxygens (including phenoxy) is 3. The summed E-state index contributed by atoms with van der Waals surface area (Å²) in [6.45, 7) is 1.50. The lowest BCUT2D eigenvalue weighted by Crippen LogP contribution is -2.29. The molecule has 1 amide bonds. The number of fused-ring (bicyclic) bond motifs is 1. The van der Waals surface area contributed by atoms with Crippen molar-refractivity contribution in [2.75, 3.05) is 53.2 Å². The monoisotopic (exact) mass is 606 g/mol. The van der Waals surface area contributed by atoms with Gasteiger partial charge in [-0.1, -0.05) is 0 Å². The van der Waals surface area contributed by atoms with Gasteiger partial charge in [0, 0.05) is 24.5 Å². The van der Waals surface area contributed by atoms with Crippen molar-refractivity contribution in [3.63, 3.8) is 0 Å². The summed E-state index contributed by atoms with van der Waals surface area (Å²) in [6, 6.07) is 9.16. The van der Waals surface area contributed by atoms with Gasteiger partial charge in [-0.2, -0.15) is 0 Å². The Balaban J connectivity index is 1.36. The minimum atomic E-state index is -3.71. The van der Waals surface area contributed by atoms with E-state index in [1.54, 1.807) is 6.07 Å². The van der Waals surface area contributed by atoms with Gasteiger partial charge in [0.15, 0.2) is 0 Å². The highest BCUT2D eigenvalue weighted by Gasteiger charge is 2.30. The summed E-state index contributed by atoms with van der Waals surface area (Å²) in [5, 5.41) is 11.7. The number of nitrogens with one attached hydrogen (secondary N) is 2. The fourth-order valence-corrected chi connectivity index (χ4v) is 5.64. The van der Waals surface area contributed by atoms with Crippen LogP contribution in [0, 0.1) is 5.82 Å². The molecule has 1 saturated carbocycles. The Hall–Kier alpha value is -3.36. The number of furan rings is 1. The first-order chi connectivity index (χ1) is 20.2. The third-order valence-electron chi connectivity index (χ3n) is 6.65. The van der Waals surface area contributed by atoms with Gasteiger partial charge >= 0.3 is 5.97 Å². The Morgan fingerprint density at radius 2 is 1.64 bits per heavy atom. The van der Waals surface area contributed by atoms with Crippen molar-refractivity contribution in [2.45, 2.75) is 30.9 Å². The van der Waals surface area contributed by atoms with Crippen LogP contribution in [0.4, 0.5) is 4.39 Å². The van der Waals surface area contributed by atoms with Crippen LogP contribution in [0.2, 0.25) is 0 Å². The molecule has 1 aliphatic carbocycles. The highest BCUT2D eigenvalue weighted by Crippen LogP contribution is 2.45. The molecule has 42 heavy (non-hydrogen) atoms. The Morgan fingerprint density at radius 1 is 1.00 bits per heavy atom. The average Bonchev–Trinajstić information content (AvgIpc) is 3.73. The smallest absolute Gasteiger partial charge is 0.305 e. The van der Waals surface area contributed by atoms with E-state index in [1.165, 1.54) is 31.3 Å². The predicted molar refractivity (Wildman–Crippen MR) is 152 cm³/mol. The van der Waals surface area contributed by atoms with Gasteiger partial charge in [0.05, 0.1) is 57.4 Å². The molecule has 0 saturated heterocycles. The maximum atomic E-state index is 13.5. The maximum Gasteiger partial charge on any atom is 0.305 e. The Kier molecular flexibility index (Phi) is 11.0. The summed E-state index contributed by atoms with van der Waals surface area (Å²) in [7, 11) is -2.19. The van der Waals surface area contributed by atoms with Crippen LogP contribution in [-0.4, -0.2) is 78.6 Å². The lowest BCUT2D eigenvalue weighted by atomic mass is 9.98. The van der Waals surface area contributed by atoms with Gasteiger partial charge < -0.3 is 29.1 Å². The number of rotatable bonds is 18. The number of amides is 1. The molecule has 228 valence electrons. The number of benzene rings is 2. The molecule has 3 aromatic rings. The van der Waals surface area contributed by atoms with Gasteiger partial charge in [0.2, 0.25) is 10.0 Å². The van der Waals surface area contributed by atoms with Crippen LogP contribution >= 0.6 is 0 Å². The van der Waals surface area contributed by atoms with Crippen molar-refractivity contribution in [3.8, 4) is 11.3 Å². The van der Waals surface area contributed by atoms with Crippen LogP contribution in [-0.2, 0) is 34.8 Å². The van der Waals surface area contributed by atoms with E-state index in [0.29, 0.717) is 40.9 Å². The highest BCUT2D eigenvalue weighted by atomic mass is 32.2. The number of halogens is 1. The lowest BCUT2D eigenvalue weighted by Gasteiger charge is -2.12. The fourth-order valence-electron chi connectivity index (χ4n) is 4.48. The van der Waals surface area contributed by atoms with E-state index in [2.05, 4.69) is 10.0 Å². The van der Waals surface area contributed by atoms with Crippen molar-refractivity contribution in [1.82, 2.24) is 10.0 Å². The molecule has 0 bridgehead atoms. The summed E-state index contributed by atoms with van der Waals surface area (Å²) >= 11 is 0. The van der Waals surface area contributed by atoms with Crippen molar-refractivity contribution in [2.24, 2.45) is 0 Å². The van der Waals surface area contributed by atoms with Crippen LogP contribution < -0.4 is 10.0 Å². The number of carboxylic acids is 1. The molecule has 1 aromatic heterocycles. The van der Waals surface area contributed by atoms with Gasteiger partial charge in [-0.05, 0) is 66.3 Å². The molecular weight excluding hydrogens is 571 g/mol. The molecule has 0 radical (unpaired) electrons. The minimum Gasteiger partial charge on any atom is -0.481 e. The lowest BCUT2D eigenvalue weighted by molar-refractivity contribution is -0.138. The molecule has 0 unspecified atom stereocenters. The van der Waals surface area contributed by atoms with Crippen LogP contribution in [0.15, 0.2) is 40.8 Å². The first-order valence-electron chi connectivity index (χ1n) is 13.7. The van der Waals surface area contributed by atoms with Crippen molar-refractivity contribution in [1.29, 1.82) is 0 Å². The van der Waals surface area contributed by atoms with E-state index in [1.807, 2.05) is 6.07 Å². The van der Waals surface area contributed by atoms with Crippen molar-refractivity contribution in [3.05, 3.63) is 58.9 Å². The maximum absolute atomic E-state index is 13.5. The Bertz CT molecular complexity index is 1480. The van der Waals surface area contributed by atoms with Gasteiger partial charge in [-0.15, -0.1) is 0 Å². The topological polar surface area (TPSA) is 153 Å². The number of carbonyl (C=O) groups is 2. The molecule has 3 N–H and O–H groups in total. The van der Waals surface area contributed by atoms with E-state index < -0.39 is 21.8 Å². The van der Waals surface area contributed by atoms with E-state index >= 15 is 0 Å². The van der Waals surface area contributed by atoms with Crippen molar-refractivity contribution >= 4 is 32.9 Å². The molecule has 0 aliphatic heterocycles. The molecule has 1 aliphatic rings. The summed E-state index contributed by atoms with van der Waals surface area (Å²) < 4.78 is 63.9. The normalized spacial score (nSPS) is 13.5. The van der Waals surface area contributed by atoms with Gasteiger partial charge in [-0.3, -0.25) is 9.59 Å². The Labute approximate surface area is 243 Å². The van der Waals surface area contributed by atoms with Crippen LogP contribution in [0.25, 0.3) is 22.3 Å². The molecular formula is C29H35FN2O9S. The molecule has 2 aromatic carbocycles. The first kappa shape index (κ1) is 31.6. The number of aliphatic carboxylic acids is 1. The van der Waals surface area contributed by atoms with Gasteiger partial charge in [0.1, 0.15) is 17.2 Å². The standard InChI is InChI=1S/C29H35FN2O9S/c1-31-29(35)27-24-17-23(19-2-3-19)21(16-25(24)41-28(27)20-4-6-22(30)7-5-20)18-42(36,37)32-9-11-39-13-15-40-14-12-38-10-8-26(33)34/h4-7,16-17,19,32H,2-3,8-15,18H2,1H3,(H,31,35)(H,33,34). The number of sulfonamides is 1. The Morgan fingerprint density at radius 3 is 2.26 bits per heavy atom. The van der Waals surface area contributed by atoms with Crippen LogP contribution in [0.3, 0.4) is 0 Å². The van der Waals surface area contributed by atoms with E-state index in [0.717, 1.165) is 18.4 Å². The minimum absolute atomic E-state index is 0.0601. The number of carbonyl (C=O) groups excluding carboxylic acids is 1. The molecule has 0 spiro atoms. The molecule has 1 fully saturated rings. The zero-order valence-electron chi connectivity index (χ0n) is 23.3. The second-order valence-corrected chi connectivity index (χ2v) is 11.7. The van der Waals surface area contributed by atoms with E-state index in [4.69, 9.17) is 23.7 Å². The first-order valence-corrected chi connectivity index (χ1v) is 15.3. The summed E-state index contributed by atoms with van der Waals surface area (Å²) in [4.78, 5) is 23.3. The molecule has 4 rings (SSSR count). The van der Waals surface area contributed by atoms with Gasteiger partial charge in [0.25, 0.3) is 5.91 Å². The zero-order valence-corrected chi connectivity index (χ0v) is 24.1. The van der Waals surface area contributed by atoms with Gasteiger partial charge in [-0.25, -0.2) is 17.5 Å². The third kappa shape index (κ3) is 8.82. The van der Waals surface area contributed by atoms with Crippen LogP contribution in [0.1, 0.15) is 46.7 Å². The second-order valence-electron chi connectivity index (χ2n) is 9.85. The third-order valence-corrected chi connectivity index (χ3v) is 7.98. The quantitative estimate of drug-likeness (QED) is 0.185. The number of hydrogen-bond donors (Lipinski definition) is 3. The molecule has 1 heterocycles. The van der Waals surface area contributed by atoms with E-state index in [-0.39, 0.29) is 62.7 Å². The molecule has 13 heteroatoms. The summed E-state index contributed by atoms with van der Waals surface area (Å²) in [5.74, 6) is -1.46. The van der Waals surface area contributed by atoms with Crippen molar-refractivity contribution < 1.29 is 46.1 Å². The zero-order chi connectivity index (χ0) is 30.1. The summed E-state index contributed by atoms with van der Waals surface area (Å²) in [5.41, 5.74) is 2.69. The molecule has 0 atom stereocenters. The second kappa shape index (κ2) is 14.7. The predicted octanol–water partition coefficient (Wildman–Crippen LogP) is 3.42. The van der Waals surface area contributed by atoms with E-state index in [9.17, 15) is 22.4 Å². The highest BCUT2D eigenvalue weighted by molar-refractivity contribution is 7.88. The van der Waals surface area contributed by atoms with Crippen LogP contribution in [0.5, 0.6) is 0 Å². The fraction of sp³-hybridized carbons (Fsp3) is 0.448. The number of carboxylic acid groups (broad SMARTS) is 1.